The normalized spacial score (nSPS) is 16.1. The van der Waals surface area contributed by atoms with Gasteiger partial charge in [0.25, 0.3) is 0 Å². The fourth-order valence-corrected chi connectivity index (χ4v) is 0.526. The molecule has 1 atom stereocenters. The van der Waals surface area contributed by atoms with Gasteiger partial charge in [-0.1, -0.05) is 6.92 Å². The summed E-state index contributed by atoms with van der Waals surface area (Å²) in [4.78, 5) is 0. The molecule has 0 saturated heterocycles. The number of nitrogens with two attached hydrogens (primary N) is 2. The van der Waals surface area contributed by atoms with Crippen molar-refractivity contribution < 1.29 is 0 Å². The van der Waals surface area contributed by atoms with Gasteiger partial charge in [0.15, 0.2) is 0 Å². The zero-order valence-electron chi connectivity index (χ0n) is 5.94. The van der Waals surface area contributed by atoms with Crippen molar-refractivity contribution in [3.63, 3.8) is 0 Å². The van der Waals surface area contributed by atoms with Gasteiger partial charge in [-0.15, -0.1) is 0 Å². The molecule has 2 nitrogen and oxygen atoms in total. The standard InChI is InChI=1S/C6H16N2/c1-4-5(7)6(2,3)8/h5H,4,7-8H2,1-3H3. The Bertz CT molecular complexity index is 63.4. The lowest BCUT2D eigenvalue weighted by atomic mass is 9.95. The van der Waals surface area contributed by atoms with Crippen molar-refractivity contribution in [3.05, 3.63) is 0 Å². The zero-order valence-corrected chi connectivity index (χ0v) is 5.94. The van der Waals surface area contributed by atoms with Crippen LogP contribution in [0.2, 0.25) is 0 Å². The second kappa shape index (κ2) is 2.46. The molecule has 0 heterocycles. The molecule has 0 aromatic rings. The van der Waals surface area contributed by atoms with E-state index >= 15 is 0 Å². The molecular formula is C6H16N2. The van der Waals surface area contributed by atoms with Crippen molar-refractivity contribution >= 4 is 0 Å². The Labute approximate surface area is 51.2 Å². The molecule has 50 valence electrons. The molecule has 0 aliphatic heterocycles. The van der Waals surface area contributed by atoms with Gasteiger partial charge in [0.2, 0.25) is 0 Å². The van der Waals surface area contributed by atoms with Crippen LogP contribution in [0, 0.1) is 0 Å². The average Bonchev–Trinajstić information content (AvgIpc) is 1.62. The third kappa shape index (κ3) is 2.28. The van der Waals surface area contributed by atoms with Gasteiger partial charge < -0.3 is 11.5 Å². The number of hydrogen-bond acceptors (Lipinski definition) is 2. The number of rotatable bonds is 2. The third-order valence-electron chi connectivity index (χ3n) is 1.40. The van der Waals surface area contributed by atoms with Crippen LogP contribution < -0.4 is 11.5 Å². The summed E-state index contributed by atoms with van der Waals surface area (Å²) in [6, 6.07) is 0.127. The maximum atomic E-state index is 5.66. The van der Waals surface area contributed by atoms with Crippen molar-refractivity contribution in [1.82, 2.24) is 0 Å². The summed E-state index contributed by atoms with van der Waals surface area (Å²) < 4.78 is 0. The average molecular weight is 116 g/mol. The topological polar surface area (TPSA) is 52.0 Å². The Morgan fingerprint density at radius 2 is 1.88 bits per heavy atom. The fraction of sp³-hybridized carbons (Fsp3) is 1.00. The van der Waals surface area contributed by atoms with E-state index in [4.69, 9.17) is 11.5 Å². The highest BCUT2D eigenvalue weighted by molar-refractivity contribution is 4.83. The Kier molecular flexibility index (Phi) is 2.44. The quantitative estimate of drug-likeness (QED) is 0.550. The predicted octanol–water partition coefficient (Wildman–Crippen LogP) is 0.461. The van der Waals surface area contributed by atoms with Crippen molar-refractivity contribution in [3.8, 4) is 0 Å². The van der Waals surface area contributed by atoms with Gasteiger partial charge in [0.05, 0.1) is 0 Å². The van der Waals surface area contributed by atoms with E-state index in [9.17, 15) is 0 Å². The maximum absolute atomic E-state index is 5.66. The molecule has 0 fully saturated rings. The first-order valence-corrected chi connectivity index (χ1v) is 3.03. The van der Waals surface area contributed by atoms with Crippen LogP contribution in [0.5, 0.6) is 0 Å². The Hall–Kier alpha value is -0.0800. The molecular weight excluding hydrogens is 100 g/mol. The lowest BCUT2D eigenvalue weighted by molar-refractivity contribution is 0.400. The smallest absolute Gasteiger partial charge is 0.0250 e. The van der Waals surface area contributed by atoms with Crippen LogP contribution in [0.3, 0.4) is 0 Å². The molecule has 0 bridgehead atoms. The number of hydrogen-bond donors (Lipinski definition) is 2. The molecule has 0 amide bonds. The SMILES string of the molecule is CCC(N)C(C)(C)N. The monoisotopic (exact) mass is 116 g/mol. The van der Waals surface area contributed by atoms with E-state index in [-0.39, 0.29) is 11.6 Å². The summed E-state index contributed by atoms with van der Waals surface area (Å²) in [7, 11) is 0. The fourth-order valence-electron chi connectivity index (χ4n) is 0.526. The summed E-state index contributed by atoms with van der Waals surface area (Å²) in [6.07, 6.45) is 0.948. The predicted molar refractivity (Wildman–Crippen MR) is 36.5 cm³/mol. The van der Waals surface area contributed by atoms with Crippen molar-refractivity contribution in [2.75, 3.05) is 0 Å². The zero-order chi connectivity index (χ0) is 6.78. The molecule has 1 unspecified atom stereocenters. The van der Waals surface area contributed by atoms with E-state index < -0.39 is 0 Å². The lowest BCUT2D eigenvalue weighted by Gasteiger charge is -2.25. The summed E-state index contributed by atoms with van der Waals surface area (Å²) in [6.45, 7) is 5.93. The first-order valence-electron chi connectivity index (χ1n) is 3.03. The summed E-state index contributed by atoms with van der Waals surface area (Å²) in [5, 5.41) is 0. The van der Waals surface area contributed by atoms with Crippen LogP contribution in [-0.4, -0.2) is 11.6 Å². The molecule has 0 rings (SSSR count). The van der Waals surface area contributed by atoms with Gasteiger partial charge in [0, 0.05) is 11.6 Å². The van der Waals surface area contributed by atoms with E-state index in [0.717, 1.165) is 6.42 Å². The summed E-state index contributed by atoms with van der Waals surface area (Å²) >= 11 is 0. The maximum Gasteiger partial charge on any atom is 0.0250 e. The van der Waals surface area contributed by atoms with Crippen LogP contribution >= 0.6 is 0 Å². The van der Waals surface area contributed by atoms with E-state index in [0.29, 0.717) is 0 Å². The first kappa shape index (κ1) is 7.92. The molecule has 2 heteroatoms. The summed E-state index contributed by atoms with van der Waals surface area (Å²) in [5.41, 5.74) is 11.1. The van der Waals surface area contributed by atoms with Crippen LogP contribution in [0.15, 0.2) is 0 Å². The van der Waals surface area contributed by atoms with Crippen molar-refractivity contribution in [1.29, 1.82) is 0 Å². The Balaban J connectivity index is 3.62. The van der Waals surface area contributed by atoms with Crippen LogP contribution in [0.1, 0.15) is 27.2 Å². The van der Waals surface area contributed by atoms with Crippen molar-refractivity contribution in [2.24, 2.45) is 11.5 Å². The van der Waals surface area contributed by atoms with Crippen LogP contribution in [-0.2, 0) is 0 Å². The van der Waals surface area contributed by atoms with E-state index in [1.165, 1.54) is 0 Å². The molecule has 0 spiro atoms. The summed E-state index contributed by atoms with van der Waals surface area (Å²) in [5.74, 6) is 0. The molecule has 0 radical (unpaired) electrons. The lowest BCUT2D eigenvalue weighted by Crippen LogP contribution is -2.49. The van der Waals surface area contributed by atoms with Gasteiger partial charge in [-0.05, 0) is 20.3 Å². The minimum absolute atomic E-state index is 0.127. The van der Waals surface area contributed by atoms with Crippen molar-refractivity contribution in [2.45, 2.75) is 38.8 Å². The molecule has 0 aliphatic rings. The van der Waals surface area contributed by atoms with Gasteiger partial charge in [-0.3, -0.25) is 0 Å². The van der Waals surface area contributed by atoms with E-state index in [1.54, 1.807) is 0 Å². The largest absolute Gasteiger partial charge is 0.326 e. The Morgan fingerprint density at radius 1 is 1.50 bits per heavy atom. The minimum Gasteiger partial charge on any atom is -0.326 e. The van der Waals surface area contributed by atoms with Crippen LogP contribution in [0.4, 0.5) is 0 Å². The molecule has 8 heavy (non-hydrogen) atoms. The second-order valence-corrected chi connectivity index (χ2v) is 2.84. The van der Waals surface area contributed by atoms with E-state index in [1.807, 2.05) is 20.8 Å². The highest BCUT2D eigenvalue weighted by Crippen LogP contribution is 2.04. The molecule has 0 aliphatic carbocycles. The van der Waals surface area contributed by atoms with Crippen LogP contribution in [0.25, 0.3) is 0 Å². The molecule has 4 N–H and O–H groups in total. The third-order valence-corrected chi connectivity index (χ3v) is 1.40. The minimum atomic E-state index is -0.214. The Morgan fingerprint density at radius 3 is 1.88 bits per heavy atom. The van der Waals surface area contributed by atoms with Gasteiger partial charge >= 0.3 is 0 Å². The first-order chi connectivity index (χ1) is 3.48. The van der Waals surface area contributed by atoms with E-state index in [2.05, 4.69) is 0 Å². The highest BCUT2D eigenvalue weighted by Gasteiger charge is 2.18. The van der Waals surface area contributed by atoms with Gasteiger partial charge in [0.1, 0.15) is 0 Å². The molecule has 0 aromatic heterocycles. The molecule has 0 saturated carbocycles. The van der Waals surface area contributed by atoms with Gasteiger partial charge in [-0.2, -0.15) is 0 Å². The second-order valence-electron chi connectivity index (χ2n) is 2.84. The van der Waals surface area contributed by atoms with Gasteiger partial charge in [-0.25, -0.2) is 0 Å². The molecule has 0 aromatic carbocycles. The highest BCUT2D eigenvalue weighted by atomic mass is 14.8.